The first-order valence-corrected chi connectivity index (χ1v) is 7.84. The fourth-order valence-corrected chi connectivity index (χ4v) is 3.84. The van der Waals surface area contributed by atoms with E-state index in [0.717, 1.165) is 36.8 Å². The third-order valence-electron chi connectivity index (χ3n) is 4.81. The highest BCUT2D eigenvalue weighted by atomic mass is 16.6. The average Bonchev–Trinajstić information content (AvgIpc) is 3.01. The lowest BCUT2D eigenvalue weighted by Crippen LogP contribution is -2.45. The van der Waals surface area contributed by atoms with E-state index in [0.29, 0.717) is 6.42 Å². The first-order chi connectivity index (χ1) is 10.6. The number of Topliss-reactive ketones (excluding diaryl/α,β-unsaturated/α-hetero) is 1. The van der Waals surface area contributed by atoms with Crippen molar-refractivity contribution in [2.24, 2.45) is 5.92 Å². The van der Waals surface area contributed by atoms with E-state index in [1.807, 2.05) is 24.3 Å². The van der Waals surface area contributed by atoms with Gasteiger partial charge in [-0.1, -0.05) is 37.1 Å². The van der Waals surface area contributed by atoms with E-state index in [9.17, 15) is 9.59 Å². The molecule has 1 atom stereocenters. The largest absolute Gasteiger partial charge is 0.453 e. The molecule has 1 aliphatic carbocycles. The van der Waals surface area contributed by atoms with Crippen molar-refractivity contribution >= 4 is 11.8 Å². The lowest BCUT2D eigenvalue weighted by molar-refractivity contribution is -0.179. The molecule has 1 aromatic rings. The van der Waals surface area contributed by atoms with Gasteiger partial charge in [-0.2, -0.15) is 5.26 Å². The fraction of sp³-hybridized carbons (Fsp3) is 0.500. The molecule has 1 unspecified atom stereocenters. The summed E-state index contributed by atoms with van der Waals surface area (Å²) >= 11 is 0. The molecule has 2 fully saturated rings. The van der Waals surface area contributed by atoms with Gasteiger partial charge < -0.3 is 4.74 Å². The summed E-state index contributed by atoms with van der Waals surface area (Å²) in [5, 5.41) is 8.89. The summed E-state index contributed by atoms with van der Waals surface area (Å²) in [6, 6.07) is 9.76. The molecule has 0 N–H and O–H groups in total. The molecule has 2 aliphatic rings. The molecule has 3 rings (SSSR count). The SMILES string of the molecule is N#CCc1cccc(C2(C3CCCC3)CC(=O)CC(=O)O2)c1. The topological polar surface area (TPSA) is 67.2 Å². The molecule has 114 valence electrons. The third kappa shape index (κ3) is 2.64. The monoisotopic (exact) mass is 297 g/mol. The predicted molar refractivity (Wildman–Crippen MR) is 79.7 cm³/mol. The van der Waals surface area contributed by atoms with Crippen LogP contribution in [0.2, 0.25) is 0 Å². The molecule has 0 bridgehead atoms. The van der Waals surface area contributed by atoms with E-state index < -0.39 is 11.6 Å². The molecule has 1 aromatic carbocycles. The number of carbonyl (C=O) groups excluding carboxylic acids is 2. The number of nitrogens with zero attached hydrogens (tertiary/aromatic N) is 1. The maximum Gasteiger partial charge on any atom is 0.314 e. The number of esters is 1. The highest BCUT2D eigenvalue weighted by Gasteiger charge is 2.49. The van der Waals surface area contributed by atoms with Crippen LogP contribution in [0.15, 0.2) is 24.3 Å². The number of hydrogen-bond donors (Lipinski definition) is 0. The van der Waals surface area contributed by atoms with Gasteiger partial charge in [0.15, 0.2) is 0 Å². The maximum atomic E-state index is 12.1. The Bertz CT molecular complexity index is 622. The van der Waals surface area contributed by atoms with Crippen LogP contribution in [0.5, 0.6) is 0 Å². The van der Waals surface area contributed by atoms with Crippen molar-refractivity contribution in [1.29, 1.82) is 5.26 Å². The lowest BCUT2D eigenvalue weighted by Gasteiger charge is -2.41. The van der Waals surface area contributed by atoms with Gasteiger partial charge in [0.2, 0.25) is 0 Å². The number of ether oxygens (including phenoxy) is 1. The van der Waals surface area contributed by atoms with Crippen LogP contribution in [0.25, 0.3) is 0 Å². The van der Waals surface area contributed by atoms with E-state index in [4.69, 9.17) is 10.00 Å². The molecular weight excluding hydrogens is 278 g/mol. The fourth-order valence-electron chi connectivity index (χ4n) is 3.84. The highest BCUT2D eigenvalue weighted by molar-refractivity contribution is 5.98. The van der Waals surface area contributed by atoms with E-state index >= 15 is 0 Å². The summed E-state index contributed by atoms with van der Waals surface area (Å²) in [5.41, 5.74) is 0.939. The Morgan fingerprint density at radius 3 is 2.73 bits per heavy atom. The normalized spacial score (nSPS) is 25.8. The molecule has 0 amide bonds. The summed E-state index contributed by atoms with van der Waals surface area (Å²) < 4.78 is 5.80. The molecular formula is C18H19NO3. The van der Waals surface area contributed by atoms with Gasteiger partial charge in [0.05, 0.1) is 18.9 Å². The quantitative estimate of drug-likeness (QED) is 0.635. The lowest BCUT2D eigenvalue weighted by atomic mass is 9.74. The minimum Gasteiger partial charge on any atom is -0.453 e. The second-order valence-corrected chi connectivity index (χ2v) is 6.27. The van der Waals surface area contributed by atoms with Gasteiger partial charge in [0.1, 0.15) is 17.8 Å². The number of carbonyl (C=O) groups is 2. The first kappa shape index (κ1) is 14.8. The second-order valence-electron chi connectivity index (χ2n) is 6.27. The predicted octanol–water partition coefficient (Wildman–Crippen LogP) is 3.04. The zero-order chi connectivity index (χ0) is 15.6. The van der Waals surface area contributed by atoms with Crippen molar-refractivity contribution < 1.29 is 14.3 Å². The number of cyclic esters (lactones) is 1. The number of rotatable bonds is 3. The van der Waals surface area contributed by atoms with E-state index in [1.165, 1.54) is 0 Å². The van der Waals surface area contributed by atoms with Crippen molar-refractivity contribution in [3.05, 3.63) is 35.4 Å². The van der Waals surface area contributed by atoms with Gasteiger partial charge in [-0.15, -0.1) is 0 Å². The van der Waals surface area contributed by atoms with Crippen molar-refractivity contribution in [2.45, 2.75) is 50.5 Å². The van der Waals surface area contributed by atoms with Crippen LogP contribution in [0, 0.1) is 17.2 Å². The number of hydrogen-bond acceptors (Lipinski definition) is 4. The Morgan fingerprint density at radius 1 is 1.27 bits per heavy atom. The average molecular weight is 297 g/mol. The van der Waals surface area contributed by atoms with Crippen molar-refractivity contribution in [3.63, 3.8) is 0 Å². The molecule has 0 spiro atoms. The summed E-state index contributed by atoms with van der Waals surface area (Å²) in [6.45, 7) is 0. The van der Waals surface area contributed by atoms with Crippen LogP contribution >= 0.6 is 0 Å². The van der Waals surface area contributed by atoms with Gasteiger partial charge in [-0.3, -0.25) is 9.59 Å². The minimum atomic E-state index is -0.825. The molecule has 1 saturated carbocycles. The van der Waals surface area contributed by atoms with E-state index in [1.54, 1.807) is 0 Å². The molecule has 4 heteroatoms. The molecule has 4 nitrogen and oxygen atoms in total. The zero-order valence-corrected chi connectivity index (χ0v) is 12.5. The van der Waals surface area contributed by atoms with Crippen LogP contribution in [0.1, 0.15) is 49.7 Å². The summed E-state index contributed by atoms with van der Waals surface area (Å²) in [4.78, 5) is 24.0. The Labute approximate surface area is 130 Å². The standard InChI is InChI=1S/C18H19NO3/c19-9-8-13-4-3-7-15(10-13)18(14-5-1-2-6-14)12-16(20)11-17(21)22-18/h3-4,7,10,14H,1-2,5-6,8,11-12H2. The Balaban J connectivity index is 2.05. The third-order valence-corrected chi connectivity index (χ3v) is 4.81. The summed E-state index contributed by atoms with van der Waals surface area (Å²) in [5.74, 6) is -0.277. The summed E-state index contributed by atoms with van der Waals surface area (Å²) in [7, 11) is 0. The van der Waals surface area contributed by atoms with E-state index in [2.05, 4.69) is 6.07 Å². The minimum absolute atomic E-state index is 0.0474. The number of ketones is 1. The van der Waals surface area contributed by atoms with Crippen LogP contribution in [0.3, 0.4) is 0 Å². The second kappa shape index (κ2) is 5.92. The van der Waals surface area contributed by atoms with Crippen molar-refractivity contribution in [2.75, 3.05) is 0 Å². The van der Waals surface area contributed by atoms with Crippen LogP contribution in [0.4, 0.5) is 0 Å². The van der Waals surface area contributed by atoms with E-state index in [-0.39, 0.29) is 24.5 Å². The van der Waals surface area contributed by atoms with Crippen LogP contribution in [-0.2, 0) is 26.3 Å². The van der Waals surface area contributed by atoms with Crippen LogP contribution in [-0.4, -0.2) is 11.8 Å². The number of nitriles is 1. The van der Waals surface area contributed by atoms with Gasteiger partial charge in [-0.05, 0) is 24.0 Å². The van der Waals surface area contributed by atoms with Gasteiger partial charge in [0, 0.05) is 5.92 Å². The Kier molecular flexibility index (Phi) is 3.98. The Morgan fingerprint density at radius 2 is 2.05 bits per heavy atom. The van der Waals surface area contributed by atoms with Gasteiger partial charge >= 0.3 is 5.97 Å². The molecule has 1 aliphatic heterocycles. The van der Waals surface area contributed by atoms with Crippen molar-refractivity contribution in [3.8, 4) is 6.07 Å². The Hall–Kier alpha value is -2.15. The smallest absolute Gasteiger partial charge is 0.314 e. The maximum absolute atomic E-state index is 12.1. The van der Waals surface area contributed by atoms with Crippen LogP contribution < -0.4 is 0 Å². The zero-order valence-electron chi connectivity index (χ0n) is 12.5. The first-order valence-electron chi connectivity index (χ1n) is 7.84. The molecule has 0 radical (unpaired) electrons. The highest BCUT2D eigenvalue weighted by Crippen LogP contribution is 2.47. The van der Waals surface area contributed by atoms with Gasteiger partial charge in [-0.25, -0.2) is 0 Å². The molecule has 1 heterocycles. The summed E-state index contributed by atoms with van der Waals surface area (Å²) in [6.07, 6.45) is 4.63. The molecule has 1 saturated heterocycles. The van der Waals surface area contributed by atoms with Gasteiger partial charge in [0.25, 0.3) is 0 Å². The molecule has 0 aromatic heterocycles. The number of benzene rings is 1. The molecule has 22 heavy (non-hydrogen) atoms. The van der Waals surface area contributed by atoms with Crippen molar-refractivity contribution in [1.82, 2.24) is 0 Å².